The number of rotatable bonds is 7. The van der Waals surface area contributed by atoms with Crippen LogP contribution in [0.5, 0.6) is 0 Å². The van der Waals surface area contributed by atoms with Gasteiger partial charge in [0.2, 0.25) is 0 Å². The van der Waals surface area contributed by atoms with Gasteiger partial charge in [-0.15, -0.1) is 0 Å². The van der Waals surface area contributed by atoms with Crippen molar-refractivity contribution in [3.63, 3.8) is 0 Å². The zero-order valence-electron chi connectivity index (χ0n) is 15.0. The Kier molecular flexibility index (Phi) is 6.58. The van der Waals surface area contributed by atoms with Crippen LogP contribution in [0.1, 0.15) is 48.0 Å². The van der Waals surface area contributed by atoms with E-state index < -0.39 is 11.9 Å². The number of nitrogens with zero attached hydrogens (tertiary/aromatic N) is 2. The molecule has 0 aliphatic rings. The highest BCUT2D eigenvalue weighted by molar-refractivity contribution is 6.31. The Hall–Kier alpha value is -2.60. The van der Waals surface area contributed by atoms with E-state index in [2.05, 4.69) is 36.0 Å². The average molecular weight is 376 g/mol. The molecule has 0 unspecified atom stereocenters. The first-order valence-electron chi connectivity index (χ1n) is 8.40. The van der Waals surface area contributed by atoms with Crippen LogP contribution in [0.2, 0.25) is 5.02 Å². The molecule has 0 atom stereocenters. The summed E-state index contributed by atoms with van der Waals surface area (Å²) in [6.07, 6.45) is 0.948. The molecule has 1 aromatic carbocycles. The van der Waals surface area contributed by atoms with E-state index in [4.69, 9.17) is 16.7 Å². The molecule has 138 valence electrons. The zero-order valence-corrected chi connectivity index (χ0v) is 15.7. The third-order valence-electron chi connectivity index (χ3n) is 3.78. The van der Waals surface area contributed by atoms with Gasteiger partial charge in [0.1, 0.15) is 11.5 Å². The fourth-order valence-corrected chi connectivity index (χ4v) is 2.72. The highest BCUT2D eigenvalue weighted by atomic mass is 35.5. The quantitative estimate of drug-likeness (QED) is 0.753. The SMILES string of the molecule is CCCN(c1cc(Cl)cc(C(=O)Nc2ccc(C(=O)O)cc2)n1)C(C)C. The highest BCUT2D eigenvalue weighted by Gasteiger charge is 2.16. The molecule has 0 radical (unpaired) electrons. The molecule has 0 saturated carbocycles. The molecule has 0 fully saturated rings. The molecule has 1 aromatic heterocycles. The number of benzene rings is 1. The summed E-state index contributed by atoms with van der Waals surface area (Å²) in [5.41, 5.74) is 0.840. The van der Waals surface area contributed by atoms with Crippen molar-refractivity contribution in [3.8, 4) is 0 Å². The van der Waals surface area contributed by atoms with Crippen molar-refractivity contribution in [2.75, 3.05) is 16.8 Å². The topological polar surface area (TPSA) is 82.5 Å². The van der Waals surface area contributed by atoms with Crippen LogP contribution in [-0.2, 0) is 0 Å². The molecule has 0 spiro atoms. The summed E-state index contributed by atoms with van der Waals surface area (Å²) < 4.78 is 0. The lowest BCUT2D eigenvalue weighted by atomic mass is 10.2. The molecule has 0 aliphatic heterocycles. The summed E-state index contributed by atoms with van der Waals surface area (Å²) in [4.78, 5) is 29.9. The van der Waals surface area contributed by atoms with Crippen LogP contribution in [0.4, 0.5) is 11.5 Å². The molecule has 2 aromatic rings. The summed E-state index contributed by atoms with van der Waals surface area (Å²) in [6, 6.07) is 9.40. The van der Waals surface area contributed by atoms with Gasteiger partial charge in [-0.2, -0.15) is 0 Å². The van der Waals surface area contributed by atoms with Crippen molar-refractivity contribution in [3.05, 3.63) is 52.7 Å². The minimum Gasteiger partial charge on any atom is -0.478 e. The van der Waals surface area contributed by atoms with Crippen molar-refractivity contribution < 1.29 is 14.7 Å². The lowest BCUT2D eigenvalue weighted by molar-refractivity contribution is 0.0696. The predicted octanol–water partition coefficient (Wildman–Crippen LogP) is 4.31. The fourth-order valence-electron chi connectivity index (χ4n) is 2.52. The summed E-state index contributed by atoms with van der Waals surface area (Å²) in [7, 11) is 0. The van der Waals surface area contributed by atoms with Crippen molar-refractivity contribution in [1.82, 2.24) is 4.98 Å². The Balaban J connectivity index is 2.24. The van der Waals surface area contributed by atoms with Gasteiger partial charge < -0.3 is 15.3 Å². The van der Waals surface area contributed by atoms with Gasteiger partial charge >= 0.3 is 5.97 Å². The van der Waals surface area contributed by atoms with E-state index in [0.717, 1.165) is 13.0 Å². The molecule has 6 nitrogen and oxygen atoms in total. The molecule has 0 saturated heterocycles. The summed E-state index contributed by atoms with van der Waals surface area (Å²) in [6.45, 7) is 7.00. The van der Waals surface area contributed by atoms with E-state index in [9.17, 15) is 9.59 Å². The summed E-state index contributed by atoms with van der Waals surface area (Å²) >= 11 is 6.19. The van der Waals surface area contributed by atoms with Crippen LogP contribution in [-0.4, -0.2) is 34.6 Å². The maximum absolute atomic E-state index is 12.5. The Morgan fingerprint density at radius 2 is 1.88 bits per heavy atom. The van der Waals surface area contributed by atoms with Gasteiger partial charge in [-0.3, -0.25) is 4.79 Å². The number of hydrogen-bond donors (Lipinski definition) is 2. The van der Waals surface area contributed by atoms with Crippen LogP contribution < -0.4 is 10.2 Å². The number of aromatic nitrogens is 1. The third kappa shape index (κ3) is 4.95. The van der Waals surface area contributed by atoms with Gasteiger partial charge in [0.05, 0.1) is 5.56 Å². The number of carboxylic acid groups (broad SMARTS) is 1. The Morgan fingerprint density at radius 1 is 1.23 bits per heavy atom. The minimum atomic E-state index is -1.02. The van der Waals surface area contributed by atoms with Crippen LogP contribution in [0.3, 0.4) is 0 Å². The summed E-state index contributed by atoms with van der Waals surface area (Å²) in [5, 5.41) is 12.1. The van der Waals surface area contributed by atoms with E-state index in [1.807, 2.05) is 0 Å². The second kappa shape index (κ2) is 8.67. The van der Waals surface area contributed by atoms with Crippen LogP contribution in [0.15, 0.2) is 36.4 Å². The minimum absolute atomic E-state index is 0.151. The normalized spacial score (nSPS) is 10.7. The van der Waals surface area contributed by atoms with E-state index in [1.54, 1.807) is 6.07 Å². The first-order chi connectivity index (χ1) is 12.3. The van der Waals surface area contributed by atoms with Crippen LogP contribution in [0.25, 0.3) is 0 Å². The van der Waals surface area contributed by atoms with Gasteiger partial charge in [0.25, 0.3) is 5.91 Å². The molecule has 26 heavy (non-hydrogen) atoms. The maximum Gasteiger partial charge on any atom is 0.335 e. The molecule has 7 heteroatoms. The number of halogens is 1. The number of anilines is 2. The molecule has 1 heterocycles. The number of carbonyl (C=O) groups excluding carboxylic acids is 1. The second-order valence-corrected chi connectivity index (χ2v) is 6.59. The number of carboxylic acids is 1. The number of hydrogen-bond acceptors (Lipinski definition) is 4. The average Bonchev–Trinajstić information content (AvgIpc) is 2.59. The summed E-state index contributed by atoms with van der Waals surface area (Å²) in [5.74, 6) is -0.772. The smallest absolute Gasteiger partial charge is 0.335 e. The van der Waals surface area contributed by atoms with Gasteiger partial charge in [-0.05, 0) is 56.7 Å². The first kappa shape index (κ1) is 19.7. The maximum atomic E-state index is 12.5. The number of pyridine rings is 1. The monoisotopic (exact) mass is 375 g/mol. The molecule has 1 amide bonds. The molecule has 2 rings (SSSR count). The standard InChI is InChI=1S/C19H22ClN3O3/c1-4-9-23(12(2)3)17-11-14(20)10-16(22-17)18(24)21-15-7-5-13(6-8-15)19(25)26/h5-8,10-12H,4,9H2,1-3H3,(H,21,24)(H,25,26). The van der Waals surface area contributed by atoms with Crippen LogP contribution >= 0.6 is 11.6 Å². The number of aromatic carboxylic acids is 1. The molecular weight excluding hydrogens is 354 g/mol. The van der Waals surface area contributed by atoms with E-state index >= 15 is 0 Å². The number of carbonyl (C=O) groups is 2. The second-order valence-electron chi connectivity index (χ2n) is 6.15. The van der Waals surface area contributed by atoms with E-state index in [0.29, 0.717) is 16.5 Å². The lowest BCUT2D eigenvalue weighted by Crippen LogP contribution is -2.32. The van der Waals surface area contributed by atoms with Crippen molar-refractivity contribution in [1.29, 1.82) is 0 Å². The Bertz CT molecular complexity index is 791. The Morgan fingerprint density at radius 3 is 2.42 bits per heavy atom. The highest BCUT2D eigenvalue weighted by Crippen LogP contribution is 2.22. The molecule has 0 bridgehead atoms. The lowest BCUT2D eigenvalue weighted by Gasteiger charge is -2.27. The van der Waals surface area contributed by atoms with E-state index in [1.165, 1.54) is 30.3 Å². The van der Waals surface area contributed by atoms with Gasteiger partial charge in [0.15, 0.2) is 0 Å². The number of amides is 1. The van der Waals surface area contributed by atoms with Gasteiger partial charge in [0, 0.05) is 23.3 Å². The van der Waals surface area contributed by atoms with Crippen molar-refractivity contribution in [2.24, 2.45) is 0 Å². The fraction of sp³-hybridized carbons (Fsp3) is 0.316. The van der Waals surface area contributed by atoms with Crippen LogP contribution in [0, 0.1) is 0 Å². The molecule has 2 N–H and O–H groups in total. The Labute approximate surface area is 157 Å². The largest absolute Gasteiger partial charge is 0.478 e. The number of nitrogens with one attached hydrogen (secondary N) is 1. The molecule has 0 aliphatic carbocycles. The first-order valence-corrected chi connectivity index (χ1v) is 8.78. The third-order valence-corrected chi connectivity index (χ3v) is 4.00. The predicted molar refractivity (Wildman–Crippen MR) is 103 cm³/mol. The van der Waals surface area contributed by atoms with E-state index in [-0.39, 0.29) is 17.3 Å². The molecular formula is C19H22ClN3O3. The van der Waals surface area contributed by atoms with Crippen molar-refractivity contribution in [2.45, 2.75) is 33.2 Å². The van der Waals surface area contributed by atoms with Crippen molar-refractivity contribution >= 4 is 35.0 Å². The van der Waals surface area contributed by atoms with Gasteiger partial charge in [-0.1, -0.05) is 18.5 Å². The van der Waals surface area contributed by atoms with Gasteiger partial charge in [-0.25, -0.2) is 9.78 Å². The zero-order chi connectivity index (χ0) is 19.3.